The number of nitrogens with one attached hydrogen (secondary N) is 1. The van der Waals surface area contributed by atoms with Crippen molar-refractivity contribution in [2.45, 2.75) is 23.8 Å². The number of carbonyl (C=O) groups is 1. The van der Waals surface area contributed by atoms with Gasteiger partial charge in [-0.15, -0.1) is 11.8 Å². The zero-order valence-electron chi connectivity index (χ0n) is 10.2. The maximum absolute atomic E-state index is 11.8. The van der Waals surface area contributed by atoms with Crippen molar-refractivity contribution in [3.05, 3.63) is 35.9 Å². The molecule has 0 radical (unpaired) electrons. The molecule has 0 saturated heterocycles. The average molecular weight is 253 g/mol. The zero-order chi connectivity index (χ0) is 12.7. The zero-order valence-corrected chi connectivity index (χ0v) is 11.0. The quantitative estimate of drug-likeness (QED) is 0.807. The standard InChI is InChI=1S/C13H19NO2S/c1-10(9-15)17-12(13(16)14-2)8-11-6-4-3-5-7-11/h3-7,10,12,15H,8-9H2,1-2H3,(H,14,16)/t10-,12-/m1/s1. The van der Waals surface area contributed by atoms with Gasteiger partial charge in [0.25, 0.3) is 0 Å². The first kappa shape index (κ1) is 14.1. The van der Waals surface area contributed by atoms with E-state index in [2.05, 4.69) is 5.32 Å². The summed E-state index contributed by atoms with van der Waals surface area (Å²) in [5.41, 5.74) is 1.14. The SMILES string of the molecule is CNC(=O)[C@@H](Cc1ccccc1)S[C@H](C)CO. The van der Waals surface area contributed by atoms with E-state index in [9.17, 15) is 4.79 Å². The predicted molar refractivity (Wildman–Crippen MR) is 72.1 cm³/mol. The number of thioether (sulfide) groups is 1. The molecule has 0 fully saturated rings. The third kappa shape index (κ3) is 4.79. The van der Waals surface area contributed by atoms with E-state index in [-0.39, 0.29) is 23.0 Å². The molecule has 1 aromatic carbocycles. The molecular weight excluding hydrogens is 234 g/mol. The summed E-state index contributed by atoms with van der Waals surface area (Å²) in [6.45, 7) is 2.01. The summed E-state index contributed by atoms with van der Waals surface area (Å²) in [7, 11) is 1.64. The molecule has 2 N–H and O–H groups in total. The van der Waals surface area contributed by atoms with Crippen LogP contribution in [0.5, 0.6) is 0 Å². The first-order chi connectivity index (χ1) is 8.17. The van der Waals surface area contributed by atoms with E-state index in [0.29, 0.717) is 6.42 Å². The largest absolute Gasteiger partial charge is 0.395 e. The van der Waals surface area contributed by atoms with Crippen LogP contribution in [0.4, 0.5) is 0 Å². The first-order valence-electron chi connectivity index (χ1n) is 5.69. The number of benzene rings is 1. The van der Waals surface area contributed by atoms with E-state index in [0.717, 1.165) is 5.56 Å². The van der Waals surface area contributed by atoms with Gasteiger partial charge in [0.15, 0.2) is 0 Å². The molecule has 1 rings (SSSR count). The Kier molecular flexibility index (Phi) is 6.08. The van der Waals surface area contributed by atoms with Crippen molar-refractivity contribution in [2.75, 3.05) is 13.7 Å². The van der Waals surface area contributed by atoms with Gasteiger partial charge in [0.1, 0.15) is 0 Å². The lowest BCUT2D eigenvalue weighted by Crippen LogP contribution is -2.32. The molecule has 4 heteroatoms. The lowest BCUT2D eigenvalue weighted by molar-refractivity contribution is -0.120. The van der Waals surface area contributed by atoms with Crippen molar-refractivity contribution in [3.8, 4) is 0 Å². The number of aliphatic hydroxyl groups is 1. The fraction of sp³-hybridized carbons (Fsp3) is 0.462. The van der Waals surface area contributed by atoms with Crippen LogP contribution in [0.15, 0.2) is 30.3 Å². The van der Waals surface area contributed by atoms with E-state index in [1.165, 1.54) is 11.8 Å². The van der Waals surface area contributed by atoms with Crippen molar-refractivity contribution in [1.29, 1.82) is 0 Å². The predicted octanol–water partition coefficient (Wildman–Crippen LogP) is 1.46. The number of hydrogen-bond acceptors (Lipinski definition) is 3. The smallest absolute Gasteiger partial charge is 0.233 e. The van der Waals surface area contributed by atoms with Crippen LogP contribution in [0.2, 0.25) is 0 Å². The minimum absolute atomic E-state index is 0.0131. The van der Waals surface area contributed by atoms with Crippen molar-refractivity contribution in [1.82, 2.24) is 5.32 Å². The first-order valence-corrected chi connectivity index (χ1v) is 6.63. The van der Waals surface area contributed by atoms with Gasteiger partial charge in [-0.2, -0.15) is 0 Å². The van der Waals surface area contributed by atoms with Crippen molar-refractivity contribution < 1.29 is 9.90 Å². The third-order valence-electron chi connectivity index (χ3n) is 2.46. The molecule has 0 bridgehead atoms. The van der Waals surface area contributed by atoms with Crippen LogP contribution in [0.1, 0.15) is 12.5 Å². The van der Waals surface area contributed by atoms with E-state index in [4.69, 9.17) is 5.11 Å². The maximum atomic E-state index is 11.8. The van der Waals surface area contributed by atoms with Crippen LogP contribution in [-0.2, 0) is 11.2 Å². The molecule has 0 aliphatic heterocycles. The summed E-state index contributed by atoms with van der Waals surface area (Å²) in [5.74, 6) is 0.0131. The van der Waals surface area contributed by atoms with Gasteiger partial charge in [0.05, 0.1) is 11.9 Å². The molecular formula is C13H19NO2S. The highest BCUT2D eigenvalue weighted by atomic mass is 32.2. The van der Waals surface area contributed by atoms with E-state index in [1.54, 1.807) is 7.05 Å². The molecule has 1 aromatic rings. The lowest BCUT2D eigenvalue weighted by atomic mass is 10.1. The van der Waals surface area contributed by atoms with Gasteiger partial charge < -0.3 is 10.4 Å². The molecule has 0 aliphatic carbocycles. The molecule has 17 heavy (non-hydrogen) atoms. The molecule has 2 atom stereocenters. The fourth-order valence-electron chi connectivity index (χ4n) is 1.52. The van der Waals surface area contributed by atoms with Gasteiger partial charge in [-0.3, -0.25) is 4.79 Å². The number of rotatable bonds is 6. The summed E-state index contributed by atoms with van der Waals surface area (Å²) in [5, 5.41) is 11.6. The average Bonchev–Trinajstić information content (AvgIpc) is 2.38. The highest BCUT2D eigenvalue weighted by molar-refractivity contribution is 8.01. The Morgan fingerprint density at radius 3 is 2.59 bits per heavy atom. The topological polar surface area (TPSA) is 49.3 Å². The molecule has 0 heterocycles. The molecule has 94 valence electrons. The third-order valence-corrected chi connectivity index (χ3v) is 3.78. The summed E-state index contributed by atoms with van der Waals surface area (Å²) in [6, 6.07) is 9.93. The minimum atomic E-state index is -0.149. The van der Waals surface area contributed by atoms with Crippen LogP contribution < -0.4 is 5.32 Å². The Bertz CT molecular complexity index is 343. The van der Waals surface area contributed by atoms with Crippen LogP contribution in [-0.4, -0.2) is 35.2 Å². The van der Waals surface area contributed by atoms with E-state index in [1.807, 2.05) is 37.3 Å². The summed E-state index contributed by atoms with van der Waals surface area (Å²) in [4.78, 5) is 11.8. The van der Waals surface area contributed by atoms with Crippen molar-refractivity contribution in [3.63, 3.8) is 0 Å². The van der Waals surface area contributed by atoms with E-state index < -0.39 is 0 Å². The highest BCUT2D eigenvalue weighted by Gasteiger charge is 2.20. The fourth-order valence-corrected chi connectivity index (χ4v) is 2.69. The monoisotopic (exact) mass is 253 g/mol. The number of amides is 1. The molecule has 0 aliphatic rings. The van der Waals surface area contributed by atoms with Crippen molar-refractivity contribution >= 4 is 17.7 Å². The van der Waals surface area contributed by atoms with Crippen LogP contribution in [0.25, 0.3) is 0 Å². The maximum Gasteiger partial charge on any atom is 0.233 e. The van der Waals surface area contributed by atoms with Gasteiger partial charge in [-0.1, -0.05) is 37.3 Å². The lowest BCUT2D eigenvalue weighted by Gasteiger charge is -2.18. The molecule has 0 unspecified atom stereocenters. The number of aliphatic hydroxyl groups excluding tert-OH is 1. The highest BCUT2D eigenvalue weighted by Crippen LogP contribution is 2.21. The second kappa shape index (κ2) is 7.35. The molecule has 0 saturated carbocycles. The molecule has 1 amide bonds. The van der Waals surface area contributed by atoms with Crippen molar-refractivity contribution in [2.24, 2.45) is 0 Å². The Morgan fingerprint density at radius 1 is 1.41 bits per heavy atom. The Hall–Kier alpha value is -1.00. The summed E-state index contributed by atoms with van der Waals surface area (Å²) in [6.07, 6.45) is 0.690. The number of hydrogen-bond donors (Lipinski definition) is 2. The molecule has 0 aromatic heterocycles. The molecule has 0 spiro atoms. The Labute approximate surface area is 107 Å². The van der Waals surface area contributed by atoms with E-state index >= 15 is 0 Å². The number of carbonyl (C=O) groups excluding carboxylic acids is 1. The van der Waals surface area contributed by atoms with Crippen LogP contribution in [0, 0.1) is 0 Å². The Balaban J connectivity index is 2.67. The summed E-state index contributed by atoms with van der Waals surface area (Å²) >= 11 is 1.51. The molecule has 3 nitrogen and oxygen atoms in total. The van der Waals surface area contributed by atoms with Crippen LogP contribution in [0.3, 0.4) is 0 Å². The van der Waals surface area contributed by atoms with Gasteiger partial charge in [-0.25, -0.2) is 0 Å². The van der Waals surface area contributed by atoms with Gasteiger partial charge in [0.2, 0.25) is 5.91 Å². The second-order valence-corrected chi connectivity index (χ2v) is 5.57. The normalized spacial score (nSPS) is 14.1. The Morgan fingerprint density at radius 2 is 2.06 bits per heavy atom. The summed E-state index contributed by atoms with van der Waals surface area (Å²) < 4.78 is 0. The van der Waals surface area contributed by atoms with Crippen LogP contribution >= 0.6 is 11.8 Å². The van der Waals surface area contributed by atoms with Gasteiger partial charge in [-0.05, 0) is 12.0 Å². The van der Waals surface area contributed by atoms with Gasteiger partial charge >= 0.3 is 0 Å². The van der Waals surface area contributed by atoms with Gasteiger partial charge in [0, 0.05) is 12.3 Å². The minimum Gasteiger partial charge on any atom is -0.395 e. The second-order valence-electron chi connectivity index (χ2n) is 3.92.